The first-order chi connectivity index (χ1) is 7.43. The molecule has 0 radical (unpaired) electrons. The third-order valence-electron chi connectivity index (χ3n) is 3.07. The Morgan fingerprint density at radius 1 is 1.33 bits per heavy atom. The summed E-state index contributed by atoms with van der Waals surface area (Å²) in [4.78, 5) is 4.73. The van der Waals surface area contributed by atoms with Crippen molar-refractivity contribution in [2.75, 3.05) is 13.1 Å². The number of piperidine rings is 1. The number of fused-ring (bicyclic) bond motifs is 1. The number of hydrogen-bond acceptors (Lipinski definition) is 2. The van der Waals surface area contributed by atoms with Crippen LogP contribution in [-0.2, 0) is 0 Å². The average Bonchev–Trinajstić information content (AvgIpc) is 2.74. The zero-order valence-corrected chi connectivity index (χ0v) is 9.46. The second-order valence-electron chi connectivity index (χ2n) is 4.17. The van der Waals surface area contributed by atoms with Gasteiger partial charge in [0.1, 0.15) is 5.01 Å². The molecule has 2 heterocycles. The number of nitrogens with two attached hydrogens (primary N) is 1. The number of benzene rings is 1. The van der Waals surface area contributed by atoms with Crippen molar-refractivity contribution >= 4 is 21.6 Å². The summed E-state index contributed by atoms with van der Waals surface area (Å²) in [5, 5.41) is 3.76. The van der Waals surface area contributed by atoms with Crippen molar-refractivity contribution in [2.24, 2.45) is 0 Å². The Bertz CT molecular complexity index is 424. The summed E-state index contributed by atoms with van der Waals surface area (Å²) < 4.78 is 1.33. The van der Waals surface area contributed by atoms with E-state index < -0.39 is 0 Å². The van der Waals surface area contributed by atoms with E-state index in [0.717, 1.165) is 0 Å². The van der Waals surface area contributed by atoms with E-state index in [1.54, 1.807) is 0 Å². The molecule has 1 fully saturated rings. The normalized spacial score (nSPS) is 22.0. The van der Waals surface area contributed by atoms with Crippen LogP contribution in [0.2, 0.25) is 0 Å². The highest BCUT2D eigenvalue weighted by Gasteiger charge is 2.21. The van der Waals surface area contributed by atoms with Crippen molar-refractivity contribution < 1.29 is 5.32 Å². The summed E-state index contributed by atoms with van der Waals surface area (Å²) >= 11 is 1.87. The lowest BCUT2D eigenvalue weighted by atomic mass is 10.0. The molecule has 0 spiro atoms. The van der Waals surface area contributed by atoms with Crippen LogP contribution in [0.4, 0.5) is 0 Å². The van der Waals surface area contributed by atoms with Crippen LogP contribution in [0.25, 0.3) is 10.2 Å². The summed E-state index contributed by atoms with van der Waals surface area (Å²) in [7, 11) is 0. The number of hydrogen-bond donors (Lipinski definition) is 1. The van der Waals surface area contributed by atoms with Gasteiger partial charge < -0.3 is 5.32 Å². The molecule has 15 heavy (non-hydrogen) atoms. The van der Waals surface area contributed by atoms with Crippen molar-refractivity contribution in [3.63, 3.8) is 0 Å². The first kappa shape index (κ1) is 9.31. The zero-order chi connectivity index (χ0) is 10.1. The van der Waals surface area contributed by atoms with Crippen molar-refractivity contribution in [1.29, 1.82) is 0 Å². The SMILES string of the molecule is c1ccc2sc([C@@H]3CCC[NH2+]C3)nc2c1. The van der Waals surface area contributed by atoms with Crippen LogP contribution in [0.1, 0.15) is 23.8 Å². The fourth-order valence-electron chi connectivity index (χ4n) is 2.23. The molecule has 0 saturated carbocycles. The fraction of sp³-hybridized carbons (Fsp3) is 0.417. The lowest BCUT2D eigenvalue weighted by Crippen LogP contribution is -2.86. The lowest BCUT2D eigenvalue weighted by Gasteiger charge is -2.17. The minimum atomic E-state index is 0.691. The van der Waals surface area contributed by atoms with Gasteiger partial charge in [0.2, 0.25) is 0 Å². The molecule has 0 aliphatic carbocycles. The van der Waals surface area contributed by atoms with Crippen molar-refractivity contribution in [3.8, 4) is 0 Å². The quantitative estimate of drug-likeness (QED) is 0.778. The van der Waals surface area contributed by atoms with Crippen molar-refractivity contribution in [1.82, 2.24) is 4.98 Å². The Labute approximate surface area is 93.3 Å². The number of aromatic nitrogens is 1. The number of thiazole rings is 1. The molecule has 1 aromatic carbocycles. The molecule has 2 aromatic rings. The highest BCUT2D eigenvalue weighted by molar-refractivity contribution is 7.18. The van der Waals surface area contributed by atoms with Gasteiger partial charge in [-0.25, -0.2) is 4.98 Å². The van der Waals surface area contributed by atoms with Gasteiger partial charge in [0, 0.05) is 0 Å². The van der Waals surface area contributed by atoms with E-state index in [0.29, 0.717) is 5.92 Å². The van der Waals surface area contributed by atoms with Gasteiger partial charge in [-0.15, -0.1) is 11.3 Å². The van der Waals surface area contributed by atoms with E-state index in [9.17, 15) is 0 Å². The molecular weight excluding hydrogens is 204 g/mol. The van der Waals surface area contributed by atoms with Crippen molar-refractivity contribution in [3.05, 3.63) is 29.3 Å². The number of para-hydroxylation sites is 1. The third kappa shape index (κ3) is 1.77. The maximum absolute atomic E-state index is 4.73. The summed E-state index contributed by atoms with van der Waals surface area (Å²) in [6, 6.07) is 8.45. The molecule has 0 unspecified atom stereocenters. The molecule has 1 aliphatic heterocycles. The van der Waals surface area contributed by atoms with Crippen molar-refractivity contribution in [2.45, 2.75) is 18.8 Å². The topological polar surface area (TPSA) is 29.5 Å². The zero-order valence-electron chi connectivity index (χ0n) is 8.65. The molecule has 3 rings (SSSR count). The molecule has 2 N–H and O–H groups in total. The average molecular weight is 219 g/mol. The maximum atomic E-state index is 4.73. The number of quaternary nitrogens is 1. The summed E-state index contributed by atoms with van der Waals surface area (Å²) in [6.07, 6.45) is 2.65. The van der Waals surface area contributed by atoms with Crippen LogP contribution in [0.3, 0.4) is 0 Å². The standard InChI is InChI=1S/C12H14N2S/c1-2-6-11-10(5-1)14-12(15-11)9-4-3-7-13-8-9/h1-2,5-6,9,13H,3-4,7-8H2/p+1/t9-/m1/s1. The first-order valence-corrected chi connectivity index (χ1v) is 6.42. The van der Waals surface area contributed by atoms with Gasteiger partial charge in [-0.3, -0.25) is 0 Å². The number of nitrogens with zero attached hydrogens (tertiary/aromatic N) is 1. The first-order valence-electron chi connectivity index (χ1n) is 5.60. The van der Waals surface area contributed by atoms with E-state index in [-0.39, 0.29) is 0 Å². The van der Waals surface area contributed by atoms with Gasteiger partial charge in [-0.1, -0.05) is 12.1 Å². The van der Waals surface area contributed by atoms with Gasteiger partial charge in [-0.2, -0.15) is 0 Å². The second-order valence-corrected chi connectivity index (χ2v) is 5.23. The summed E-state index contributed by atoms with van der Waals surface area (Å²) in [5.74, 6) is 0.691. The molecule has 2 nitrogen and oxygen atoms in total. The van der Waals surface area contributed by atoms with Crippen LogP contribution >= 0.6 is 11.3 Å². The third-order valence-corrected chi connectivity index (χ3v) is 4.27. The minimum absolute atomic E-state index is 0.691. The second kappa shape index (κ2) is 3.91. The Hall–Kier alpha value is -0.930. The summed E-state index contributed by atoms with van der Waals surface area (Å²) in [5.41, 5.74) is 1.17. The van der Waals surface area contributed by atoms with Crippen LogP contribution < -0.4 is 5.32 Å². The van der Waals surface area contributed by atoms with E-state index in [1.807, 2.05) is 11.3 Å². The van der Waals surface area contributed by atoms with Gasteiger partial charge in [0.25, 0.3) is 0 Å². The molecule has 3 heteroatoms. The number of rotatable bonds is 1. The Kier molecular flexibility index (Phi) is 2.43. The molecule has 0 bridgehead atoms. The van der Waals surface area contributed by atoms with E-state index in [1.165, 1.54) is 41.2 Å². The van der Waals surface area contributed by atoms with Gasteiger partial charge in [0.05, 0.1) is 29.2 Å². The Balaban J connectivity index is 1.96. The van der Waals surface area contributed by atoms with E-state index in [4.69, 9.17) is 4.98 Å². The predicted molar refractivity (Wildman–Crippen MR) is 63.3 cm³/mol. The van der Waals surface area contributed by atoms with Crippen LogP contribution in [0, 0.1) is 0 Å². The molecule has 78 valence electrons. The van der Waals surface area contributed by atoms with E-state index in [2.05, 4.69) is 29.6 Å². The lowest BCUT2D eigenvalue weighted by molar-refractivity contribution is -0.664. The van der Waals surface area contributed by atoms with Crippen LogP contribution in [0.5, 0.6) is 0 Å². The molecule has 0 amide bonds. The highest BCUT2D eigenvalue weighted by Crippen LogP contribution is 2.29. The van der Waals surface area contributed by atoms with E-state index >= 15 is 0 Å². The molecule has 1 aliphatic rings. The molecule has 1 saturated heterocycles. The Morgan fingerprint density at radius 3 is 3.07 bits per heavy atom. The highest BCUT2D eigenvalue weighted by atomic mass is 32.1. The fourth-order valence-corrected chi connectivity index (χ4v) is 3.35. The molecular formula is C12H15N2S+. The van der Waals surface area contributed by atoms with Crippen LogP contribution in [-0.4, -0.2) is 18.1 Å². The Morgan fingerprint density at radius 2 is 2.27 bits per heavy atom. The van der Waals surface area contributed by atoms with Crippen LogP contribution in [0.15, 0.2) is 24.3 Å². The predicted octanol–water partition coefficient (Wildman–Crippen LogP) is 1.74. The van der Waals surface area contributed by atoms with Gasteiger partial charge in [0.15, 0.2) is 0 Å². The van der Waals surface area contributed by atoms with Gasteiger partial charge >= 0.3 is 0 Å². The minimum Gasteiger partial charge on any atom is -0.346 e. The maximum Gasteiger partial charge on any atom is 0.103 e. The molecule has 1 atom stereocenters. The molecule has 1 aromatic heterocycles. The summed E-state index contributed by atoms with van der Waals surface area (Å²) in [6.45, 7) is 2.52. The monoisotopic (exact) mass is 219 g/mol. The largest absolute Gasteiger partial charge is 0.346 e. The smallest absolute Gasteiger partial charge is 0.103 e. The van der Waals surface area contributed by atoms with Gasteiger partial charge in [-0.05, 0) is 25.0 Å².